The number of hydrogen-bond donors (Lipinski definition) is 1. The summed E-state index contributed by atoms with van der Waals surface area (Å²) in [6.07, 6.45) is 1.32. The third-order valence-electron chi connectivity index (χ3n) is 2.84. The first kappa shape index (κ1) is 13.1. The molecular weight excluding hydrogens is 242 g/mol. The number of thioether (sulfide) groups is 1. The van der Waals surface area contributed by atoms with Gasteiger partial charge >= 0.3 is 0 Å². The van der Waals surface area contributed by atoms with Gasteiger partial charge in [0.25, 0.3) is 0 Å². The van der Waals surface area contributed by atoms with Gasteiger partial charge in [-0.2, -0.15) is 0 Å². The Labute approximate surface area is 112 Å². The summed E-state index contributed by atoms with van der Waals surface area (Å²) in [7, 11) is 0. The average molecular weight is 259 g/mol. The van der Waals surface area contributed by atoms with E-state index in [2.05, 4.69) is 36.2 Å². The lowest BCUT2D eigenvalue weighted by atomic mass is 10.1. The highest BCUT2D eigenvalue weighted by atomic mass is 32.2. The Balaban J connectivity index is 2.00. The summed E-state index contributed by atoms with van der Waals surface area (Å²) in [6, 6.07) is 12.3. The van der Waals surface area contributed by atoms with Crippen molar-refractivity contribution in [1.29, 1.82) is 0 Å². The van der Waals surface area contributed by atoms with Crippen molar-refractivity contribution >= 4 is 11.8 Å². The summed E-state index contributed by atoms with van der Waals surface area (Å²) in [4.78, 5) is 5.37. The fourth-order valence-corrected chi connectivity index (χ4v) is 2.59. The molecule has 1 atom stereocenters. The maximum atomic E-state index is 9.39. The lowest BCUT2D eigenvalue weighted by Crippen LogP contribution is -1.94. The van der Waals surface area contributed by atoms with E-state index in [-0.39, 0.29) is 0 Å². The van der Waals surface area contributed by atoms with Crippen LogP contribution in [-0.4, -0.2) is 10.1 Å². The van der Waals surface area contributed by atoms with Crippen LogP contribution in [0.3, 0.4) is 0 Å². The highest BCUT2D eigenvalue weighted by molar-refractivity contribution is 7.98. The van der Waals surface area contributed by atoms with Gasteiger partial charge in [-0.15, -0.1) is 11.8 Å². The predicted octanol–water partition coefficient (Wildman–Crippen LogP) is 3.74. The summed E-state index contributed by atoms with van der Waals surface area (Å²) in [5.41, 5.74) is 3.39. The standard InChI is InChI=1S/C15H17NOS/c1-11-5-3-4-6-13(11)10-18-14-7-8-15(12(2)17)16-9-14/h3-9,12,17H,10H2,1-2H3/t12-/m1/s1. The highest BCUT2D eigenvalue weighted by Gasteiger charge is 2.03. The zero-order valence-electron chi connectivity index (χ0n) is 10.6. The quantitative estimate of drug-likeness (QED) is 0.849. The number of aliphatic hydroxyl groups is 1. The number of aromatic nitrogens is 1. The van der Waals surface area contributed by atoms with Crippen LogP contribution in [-0.2, 0) is 5.75 Å². The van der Waals surface area contributed by atoms with E-state index in [1.165, 1.54) is 11.1 Å². The van der Waals surface area contributed by atoms with Gasteiger partial charge in [-0.1, -0.05) is 24.3 Å². The maximum Gasteiger partial charge on any atom is 0.0931 e. The molecule has 1 heterocycles. The molecule has 1 aromatic heterocycles. The predicted molar refractivity (Wildman–Crippen MR) is 75.6 cm³/mol. The van der Waals surface area contributed by atoms with Gasteiger partial charge in [0.2, 0.25) is 0 Å². The monoisotopic (exact) mass is 259 g/mol. The molecule has 0 bridgehead atoms. The number of hydrogen-bond acceptors (Lipinski definition) is 3. The van der Waals surface area contributed by atoms with Crippen molar-refractivity contribution in [2.45, 2.75) is 30.6 Å². The Kier molecular flexibility index (Phi) is 4.39. The van der Waals surface area contributed by atoms with Crippen LogP contribution in [0.2, 0.25) is 0 Å². The Morgan fingerprint density at radius 1 is 1.22 bits per heavy atom. The minimum atomic E-state index is -0.500. The topological polar surface area (TPSA) is 33.1 Å². The van der Waals surface area contributed by atoms with Crippen molar-refractivity contribution in [1.82, 2.24) is 4.98 Å². The Morgan fingerprint density at radius 2 is 2.00 bits per heavy atom. The molecule has 18 heavy (non-hydrogen) atoms. The maximum absolute atomic E-state index is 9.39. The van der Waals surface area contributed by atoms with Crippen LogP contribution >= 0.6 is 11.8 Å². The SMILES string of the molecule is Cc1ccccc1CSc1ccc([C@@H](C)O)nc1. The van der Waals surface area contributed by atoms with Gasteiger partial charge in [0.1, 0.15) is 0 Å². The van der Waals surface area contributed by atoms with Gasteiger partial charge < -0.3 is 5.11 Å². The lowest BCUT2D eigenvalue weighted by molar-refractivity contribution is 0.194. The normalized spacial score (nSPS) is 12.4. The first-order chi connectivity index (χ1) is 8.66. The molecule has 1 N–H and O–H groups in total. The summed E-state index contributed by atoms with van der Waals surface area (Å²) < 4.78 is 0. The number of pyridine rings is 1. The first-order valence-electron chi connectivity index (χ1n) is 5.98. The van der Waals surface area contributed by atoms with Crippen LogP contribution in [0.25, 0.3) is 0 Å². The number of aryl methyl sites for hydroxylation is 1. The molecule has 0 radical (unpaired) electrons. The zero-order chi connectivity index (χ0) is 13.0. The molecule has 0 saturated carbocycles. The van der Waals surface area contributed by atoms with E-state index in [9.17, 15) is 5.11 Å². The van der Waals surface area contributed by atoms with Crippen molar-refractivity contribution in [2.75, 3.05) is 0 Å². The van der Waals surface area contributed by atoms with E-state index in [1.807, 2.05) is 18.3 Å². The van der Waals surface area contributed by atoms with Crippen LogP contribution in [0.4, 0.5) is 0 Å². The molecule has 3 heteroatoms. The Hall–Kier alpha value is -1.32. The van der Waals surface area contributed by atoms with Gasteiger partial charge in [0.15, 0.2) is 0 Å². The van der Waals surface area contributed by atoms with Crippen LogP contribution in [0, 0.1) is 6.92 Å². The number of rotatable bonds is 4. The molecule has 0 aliphatic heterocycles. The van der Waals surface area contributed by atoms with Crippen molar-refractivity contribution in [3.8, 4) is 0 Å². The third kappa shape index (κ3) is 3.34. The van der Waals surface area contributed by atoms with Crippen LogP contribution < -0.4 is 0 Å². The van der Waals surface area contributed by atoms with Crippen molar-refractivity contribution in [3.63, 3.8) is 0 Å². The van der Waals surface area contributed by atoms with E-state index in [4.69, 9.17) is 0 Å². The van der Waals surface area contributed by atoms with Gasteiger partial charge in [-0.25, -0.2) is 0 Å². The number of nitrogens with zero attached hydrogens (tertiary/aromatic N) is 1. The summed E-state index contributed by atoms with van der Waals surface area (Å²) in [6.45, 7) is 3.85. The van der Waals surface area contributed by atoms with Crippen molar-refractivity contribution in [3.05, 3.63) is 59.4 Å². The van der Waals surface area contributed by atoms with E-state index < -0.39 is 6.10 Å². The Bertz CT molecular complexity index is 508. The van der Waals surface area contributed by atoms with Gasteiger partial charge in [0.05, 0.1) is 11.8 Å². The molecule has 2 nitrogen and oxygen atoms in total. The molecule has 0 spiro atoms. The molecule has 1 aromatic carbocycles. The molecule has 0 aliphatic rings. The van der Waals surface area contributed by atoms with Gasteiger partial charge in [-0.3, -0.25) is 4.98 Å². The highest BCUT2D eigenvalue weighted by Crippen LogP contribution is 2.24. The van der Waals surface area contributed by atoms with E-state index in [1.54, 1.807) is 18.7 Å². The fourth-order valence-electron chi connectivity index (χ4n) is 1.66. The first-order valence-corrected chi connectivity index (χ1v) is 6.96. The molecule has 0 amide bonds. The van der Waals surface area contributed by atoms with E-state index >= 15 is 0 Å². The molecule has 0 aliphatic carbocycles. The second kappa shape index (κ2) is 6.03. The minimum Gasteiger partial charge on any atom is -0.387 e. The van der Waals surface area contributed by atoms with Crippen LogP contribution in [0.15, 0.2) is 47.5 Å². The molecular formula is C15H17NOS. The number of benzene rings is 1. The van der Waals surface area contributed by atoms with Crippen LogP contribution in [0.5, 0.6) is 0 Å². The fraction of sp³-hybridized carbons (Fsp3) is 0.267. The molecule has 0 fully saturated rings. The van der Waals surface area contributed by atoms with Crippen molar-refractivity contribution < 1.29 is 5.11 Å². The summed E-state index contributed by atoms with van der Waals surface area (Å²) in [5, 5.41) is 9.39. The zero-order valence-corrected chi connectivity index (χ0v) is 11.4. The second-order valence-corrected chi connectivity index (χ2v) is 5.36. The number of aliphatic hydroxyl groups excluding tert-OH is 1. The largest absolute Gasteiger partial charge is 0.387 e. The molecule has 0 unspecified atom stereocenters. The van der Waals surface area contributed by atoms with Gasteiger partial charge in [-0.05, 0) is 37.1 Å². The average Bonchev–Trinajstić information content (AvgIpc) is 2.38. The molecule has 2 rings (SSSR count). The van der Waals surface area contributed by atoms with Crippen LogP contribution in [0.1, 0.15) is 29.8 Å². The van der Waals surface area contributed by atoms with E-state index in [0.717, 1.165) is 16.3 Å². The third-order valence-corrected chi connectivity index (χ3v) is 3.87. The van der Waals surface area contributed by atoms with Gasteiger partial charge in [0, 0.05) is 16.8 Å². The second-order valence-electron chi connectivity index (χ2n) is 4.31. The Morgan fingerprint density at radius 3 is 2.61 bits per heavy atom. The molecule has 94 valence electrons. The molecule has 0 saturated heterocycles. The summed E-state index contributed by atoms with van der Waals surface area (Å²) in [5.74, 6) is 0.947. The summed E-state index contributed by atoms with van der Waals surface area (Å²) >= 11 is 1.76. The lowest BCUT2D eigenvalue weighted by Gasteiger charge is -2.07. The molecule has 2 aromatic rings. The smallest absolute Gasteiger partial charge is 0.0931 e. The minimum absolute atomic E-state index is 0.500. The van der Waals surface area contributed by atoms with E-state index in [0.29, 0.717) is 0 Å². The van der Waals surface area contributed by atoms with Crippen molar-refractivity contribution in [2.24, 2.45) is 0 Å².